The van der Waals surface area contributed by atoms with Gasteiger partial charge in [-0.1, -0.05) is 0 Å². The lowest BCUT2D eigenvalue weighted by molar-refractivity contribution is 0.409. The Morgan fingerprint density at radius 2 is 2.08 bits per heavy atom. The van der Waals surface area contributed by atoms with Crippen molar-refractivity contribution in [2.75, 3.05) is 27.2 Å². The Morgan fingerprint density at radius 1 is 1.33 bits per heavy atom. The number of aryl methyl sites for hydroxylation is 1. The van der Waals surface area contributed by atoms with Gasteiger partial charge in [0.2, 0.25) is 0 Å². The summed E-state index contributed by atoms with van der Waals surface area (Å²) in [7, 11) is -0.230. The summed E-state index contributed by atoms with van der Waals surface area (Å²) in [4.78, 5) is 8.87. The minimum atomic E-state index is -3.35. The molecule has 1 atom stereocenters. The number of aromatic nitrogens is 4. The summed E-state index contributed by atoms with van der Waals surface area (Å²) in [5.74, 6) is 0.232. The maximum Gasteiger partial charge on any atom is 0.281 e. The van der Waals surface area contributed by atoms with E-state index >= 15 is 0 Å². The highest BCUT2D eigenvalue weighted by atomic mass is 32.2. The first-order valence-corrected chi connectivity index (χ1v) is 9.27. The van der Waals surface area contributed by atoms with Crippen molar-refractivity contribution in [3.8, 4) is 11.4 Å². The SMILES string of the molecule is Cc1cc(-c2nccnc2C[C@@H]2CCN(S(=O)(=O)N(C)C)C2)n[nH]1. The Balaban J connectivity index is 1.77. The van der Waals surface area contributed by atoms with Crippen LogP contribution in [-0.2, 0) is 16.6 Å². The molecule has 9 heteroatoms. The average molecular weight is 350 g/mol. The Kier molecular flexibility index (Phi) is 4.66. The lowest BCUT2D eigenvalue weighted by Crippen LogP contribution is -2.38. The maximum atomic E-state index is 12.2. The standard InChI is InChI=1S/C15H22N6O2S/c1-11-8-14(19-18-11)15-13(16-5-6-17-15)9-12-4-7-21(10-12)24(22,23)20(2)3/h5-6,8,12H,4,7,9-10H2,1-3H3,(H,18,19)/t12-/m0/s1. The van der Waals surface area contributed by atoms with E-state index in [-0.39, 0.29) is 5.92 Å². The van der Waals surface area contributed by atoms with Crippen molar-refractivity contribution in [1.29, 1.82) is 0 Å². The molecular weight excluding hydrogens is 328 g/mol. The molecule has 0 bridgehead atoms. The van der Waals surface area contributed by atoms with Crippen LogP contribution in [0.15, 0.2) is 18.5 Å². The van der Waals surface area contributed by atoms with Crippen molar-refractivity contribution in [2.24, 2.45) is 5.92 Å². The van der Waals surface area contributed by atoms with E-state index in [1.807, 2.05) is 13.0 Å². The molecule has 130 valence electrons. The van der Waals surface area contributed by atoms with Crippen LogP contribution in [0.5, 0.6) is 0 Å². The molecule has 0 saturated carbocycles. The monoisotopic (exact) mass is 350 g/mol. The lowest BCUT2D eigenvalue weighted by atomic mass is 10.0. The fraction of sp³-hybridized carbons (Fsp3) is 0.533. The minimum Gasteiger partial charge on any atom is -0.282 e. The second kappa shape index (κ2) is 6.58. The summed E-state index contributed by atoms with van der Waals surface area (Å²) in [6, 6.07) is 1.94. The predicted octanol–water partition coefficient (Wildman–Crippen LogP) is 0.846. The molecule has 1 saturated heterocycles. The quantitative estimate of drug-likeness (QED) is 0.862. The molecule has 0 amide bonds. The number of rotatable bonds is 5. The van der Waals surface area contributed by atoms with Crippen LogP contribution in [0.4, 0.5) is 0 Å². The lowest BCUT2D eigenvalue weighted by Gasteiger charge is -2.20. The van der Waals surface area contributed by atoms with Crippen molar-refractivity contribution in [1.82, 2.24) is 28.8 Å². The second-order valence-corrected chi connectivity index (χ2v) is 8.44. The summed E-state index contributed by atoms with van der Waals surface area (Å²) in [6.45, 7) is 2.99. The topological polar surface area (TPSA) is 95.1 Å². The molecule has 2 aromatic rings. The van der Waals surface area contributed by atoms with E-state index in [9.17, 15) is 8.42 Å². The van der Waals surface area contributed by atoms with Crippen molar-refractivity contribution in [3.63, 3.8) is 0 Å². The van der Waals surface area contributed by atoms with Gasteiger partial charge < -0.3 is 0 Å². The second-order valence-electron chi connectivity index (χ2n) is 6.29. The van der Waals surface area contributed by atoms with Crippen LogP contribution in [-0.4, -0.2) is 64.4 Å². The van der Waals surface area contributed by atoms with Gasteiger partial charge in [0, 0.05) is 45.3 Å². The van der Waals surface area contributed by atoms with Gasteiger partial charge in [0.15, 0.2) is 0 Å². The molecule has 1 fully saturated rings. The van der Waals surface area contributed by atoms with E-state index in [0.29, 0.717) is 19.5 Å². The summed E-state index contributed by atoms with van der Waals surface area (Å²) >= 11 is 0. The van der Waals surface area contributed by atoms with Crippen molar-refractivity contribution in [2.45, 2.75) is 19.8 Å². The third kappa shape index (κ3) is 3.33. The predicted molar refractivity (Wildman–Crippen MR) is 90.3 cm³/mol. The van der Waals surface area contributed by atoms with E-state index in [4.69, 9.17) is 0 Å². The van der Waals surface area contributed by atoms with Gasteiger partial charge in [-0.05, 0) is 31.7 Å². The van der Waals surface area contributed by atoms with E-state index in [0.717, 1.165) is 29.2 Å². The maximum absolute atomic E-state index is 12.2. The molecule has 8 nitrogen and oxygen atoms in total. The fourth-order valence-corrected chi connectivity index (χ4v) is 4.14. The number of nitrogens with one attached hydrogen (secondary N) is 1. The highest BCUT2D eigenvalue weighted by Crippen LogP contribution is 2.26. The Bertz CT molecular complexity index is 817. The van der Waals surface area contributed by atoms with Crippen LogP contribution in [0.25, 0.3) is 11.4 Å². The number of hydrogen-bond donors (Lipinski definition) is 1. The van der Waals surface area contributed by atoms with E-state index < -0.39 is 10.2 Å². The van der Waals surface area contributed by atoms with Crippen LogP contribution in [0, 0.1) is 12.8 Å². The zero-order valence-electron chi connectivity index (χ0n) is 14.1. The minimum absolute atomic E-state index is 0.232. The Morgan fingerprint density at radius 3 is 2.75 bits per heavy atom. The summed E-state index contributed by atoms with van der Waals surface area (Å²) in [5.41, 5.74) is 3.35. The summed E-state index contributed by atoms with van der Waals surface area (Å²) < 4.78 is 27.3. The Hall–Kier alpha value is -1.84. The average Bonchev–Trinajstić information content (AvgIpc) is 3.17. The molecule has 0 aliphatic carbocycles. The number of hydrogen-bond acceptors (Lipinski definition) is 5. The molecule has 0 aromatic carbocycles. The highest BCUT2D eigenvalue weighted by Gasteiger charge is 2.33. The number of nitrogens with zero attached hydrogens (tertiary/aromatic N) is 5. The molecule has 3 heterocycles. The van der Waals surface area contributed by atoms with Crippen LogP contribution in [0.2, 0.25) is 0 Å². The van der Waals surface area contributed by atoms with E-state index in [2.05, 4.69) is 20.2 Å². The first-order valence-electron chi connectivity index (χ1n) is 7.88. The van der Waals surface area contributed by atoms with E-state index in [1.54, 1.807) is 26.5 Å². The number of aromatic amines is 1. The van der Waals surface area contributed by atoms with Crippen molar-refractivity contribution < 1.29 is 8.42 Å². The van der Waals surface area contributed by atoms with Crippen LogP contribution >= 0.6 is 0 Å². The Labute approximate surface area is 142 Å². The fourth-order valence-electron chi connectivity index (χ4n) is 2.95. The van der Waals surface area contributed by atoms with E-state index in [1.165, 1.54) is 8.61 Å². The van der Waals surface area contributed by atoms with Gasteiger partial charge in [0.25, 0.3) is 10.2 Å². The third-order valence-corrected chi connectivity index (χ3v) is 6.15. The molecule has 2 aromatic heterocycles. The zero-order valence-corrected chi connectivity index (χ0v) is 14.9. The van der Waals surface area contributed by atoms with Gasteiger partial charge in [0.1, 0.15) is 11.4 Å². The van der Waals surface area contributed by atoms with Gasteiger partial charge in [-0.25, -0.2) is 0 Å². The molecule has 24 heavy (non-hydrogen) atoms. The molecule has 0 spiro atoms. The molecule has 1 aliphatic heterocycles. The first-order chi connectivity index (χ1) is 11.4. The molecule has 3 rings (SSSR count). The third-order valence-electron chi connectivity index (χ3n) is 4.24. The zero-order chi connectivity index (χ0) is 17.3. The molecule has 1 N–H and O–H groups in total. The van der Waals surface area contributed by atoms with Gasteiger partial charge >= 0.3 is 0 Å². The van der Waals surface area contributed by atoms with Crippen LogP contribution in [0.3, 0.4) is 0 Å². The molecule has 0 unspecified atom stereocenters. The van der Waals surface area contributed by atoms with Gasteiger partial charge in [-0.3, -0.25) is 15.1 Å². The largest absolute Gasteiger partial charge is 0.282 e. The molecule has 0 radical (unpaired) electrons. The van der Waals surface area contributed by atoms with Crippen molar-refractivity contribution >= 4 is 10.2 Å². The van der Waals surface area contributed by atoms with Gasteiger partial charge in [-0.15, -0.1) is 0 Å². The normalized spacial score (nSPS) is 19.2. The summed E-state index contributed by atoms with van der Waals surface area (Å²) in [5, 5.41) is 7.17. The van der Waals surface area contributed by atoms with Crippen LogP contribution < -0.4 is 0 Å². The number of H-pyrrole nitrogens is 1. The van der Waals surface area contributed by atoms with Crippen molar-refractivity contribution in [3.05, 3.63) is 29.8 Å². The smallest absolute Gasteiger partial charge is 0.281 e. The highest BCUT2D eigenvalue weighted by molar-refractivity contribution is 7.86. The molecular formula is C15H22N6O2S. The van der Waals surface area contributed by atoms with Gasteiger partial charge in [0.05, 0.1) is 5.69 Å². The summed E-state index contributed by atoms with van der Waals surface area (Å²) in [6.07, 6.45) is 4.83. The van der Waals surface area contributed by atoms with Crippen LogP contribution in [0.1, 0.15) is 17.8 Å². The first kappa shape index (κ1) is 17.0. The van der Waals surface area contributed by atoms with Gasteiger partial charge in [-0.2, -0.15) is 22.1 Å². The molecule has 1 aliphatic rings.